The summed E-state index contributed by atoms with van der Waals surface area (Å²) >= 11 is 0. The molecule has 2 heterocycles. The second-order valence-electron chi connectivity index (χ2n) is 7.69. The van der Waals surface area contributed by atoms with E-state index in [9.17, 15) is 0 Å². The van der Waals surface area contributed by atoms with Crippen LogP contribution >= 0.6 is 0 Å². The van der Waals surface area contributed by atoms with Crippen LogP contribution in [0.3, 0.4) is 0 Å². The molecule has 1 aromatic carbocycles. The Bertz CT molecular complexity index is 895. The van der Waals surface area contributed by atoms with Crippen LogP contribution in [-0.4, -0.2) is 84.6 Å². The Morgan fingerprint density at radius 1 is 1.03 bits per heavy atom. The van der Waals surface area contributed by atoms with Crippen molar-refractivity contribution in [3.63, 3.8) is 0 Å². The second kappa shape index (κ2) is 11.0. The molecule has 0 bridgehead atoms. The molecule has 0 atom stereocenters. The van der Waals surface area contributed by atoms with E-state index in [-0.39, 0.29) is 0 Å². The van der Waals surface area contributed by atoms with Gasteiger partial charge in [0.2, 0.25) is 5.75 Å². The summed E-state index contributed by atoms with van der Waals surface area (Å²) < 4.78 is 18.4. The summed E-state index contributed by atoms with van der Waals surface area (Å²) in [5, 5.41) is 11.7. The topological polar surface area (TPSA) is 89.3 Å². The zero-order chi connectivity index (χ0) is 23.1. The first-order valence-electron chi connectivity index (χ1n) is 10.9. The number of hydrogen-bond acceptors (Lipinski definition) is 7. The van der Waals surface area contributed by atoms with Crippen LogP contribution in [0, 0.1) is 6.92 Å². The molecular weight excluding hydrogens is 410 g/mol. The van der Waals surface area contributed by atoms with Gasteiger partial charge in [0.1, 0.15) is 12.4 Å². The summed E-state index contributed by atoms with van der Waals surface area (Å²) in [6.45, 7) is 9.84. The number of nitrogens with zero attached hydrogens (tertiary/aromatic N) is 6. The molecule has 0 spiro atoms. The molecular formula is C22H35N7O3. The van der Waals surface area contributed by atoms with E-state index in [0.717, 1.165) is 62.4 Å². The zero-order valence-electron chi connectivity index (χ0n) is 20.0. The molecule has 1 aliphatic rings. The van der Waals surface area contributed by atoms with Crippen LogP contribution in [0.25, 0.3) is 0 Å². The van der Waals surface area contributed by atoms with Crippen molar-refractivity contribution in [2.75, 3.05) is 54.1 Å². The average Bonchev–Trinajstić information content (AvgIpc) is 3.13. The summed E-state index contributed by atoms with van der Waals surface area (Å²) in [4.78, 5) is 9.53. The minimum Gasteiger partial charge on any atom is -0.493 e. The maximum atomic E-state index is 5.49. The summed E-state index contributed by atoms with van der Waals surface area (Å²) in [5.74, 6) is 4.65. The Morgan fingerprint density at radius 3 is 2.19 bits per heavy atom. The highest BCUT2D eigenvalue weighted by molar-refractivity contribution is 5.80. The van der Waals surface area contributed by atoms with Gasteiger partial charge in [-0.05, 0) is 31.5 Å². The minimum absolute atomic E-state index is 0.505. The van der Waals surface area contributed by atoms with Crippen molar-refractivity contribution < 1.29 is 14.2 Å². The normalized spacial score (nSPS) is 15.1. The number of nitrogens with one attached hydrogen (secondary N) is 1. The monoisotopic (exact) mass is 445 g/mol. The number of aliphatic imine (C=N–C) groups is 1. The lowest BCUT2D eigenvalue weighted by Crippen LogP contribution is -2.52. The van der Waals surface area contributed by atoms with Gasteiger partial charge in [0.15, 0.2) is 23.3 Å². The van der Waals surface area contributed by atoms with Gasteiger partial charge in [-0.25, -0.2) is 4.99 Å². The first-order valence-corrected chi connectivity index (χ1v) is 10.9. The number of rotatable bonds is 8. The van der Waals surface area contributed by atoms with E-state index in [1.165, 1.54) is 0 Å². The van der Waals surface area contributed by atoms with Crippen molar-refractivity contribution >= 4 is 5.96 Å². The van der Waals surface area contributed by atoms with Crippen LogP contribution in [0.4, 0.5) is 0 Å². The highest BCUT2D eigenvalue weighted by Crippen LogP contribution is 2.38. The average molecular weight is 446 g/mol. The Morgan fingerprint density at radius 2 is 1.69 bits per heavy atom. The second-order valence-corrected chi connectivity index (χ2v) is 7.69. The molecule has 1 N–H and O–H groups in total. The fraction of sp³-hybridized carbons (Fsp3) is 0.591. The molecule has 1 aromatic heterocycles. The van der Waals surface area contributed by atoms with E-state index < -0.39 is 0 Å². The molecule has 2 aromatic rings. The van der Waals surface area contributed by atoms with Gasteiger partial charge in [-0.15, -0.1) is 10.2 Å². The van der Waals surface area contributed by atoms with Gasteiger partial charge >= 0.3 is 0 Å². The van der Waals surface area contributed by atoms with Gasteiger partial charge in [0.05, 0.1) is 21.3 Å². The minimum atomic E-state index is 0.505. The third-order valence-electron chi connectivity index (χ3n) is 5.69. The number of hydrogen-bond donors (Lipinski definition) is 1. The Balaban J connectivity index is 1.63. The van der Waals surface area contributed by atoms with Gasteiger partial charge in [-0.2, -0.15) is 0 Å². The fourth-order valence-corrected chi connectivity index (χ4v) is 3.76. The van der Waals surface area contributed by atoms with E-state index in [0.29, 0.717) is 23.8 Å². The number of piperazine rings is 1. The molecule has 1 fully saturated rings. The fourth-order valence-electron chi connectivity index (χ4n) is 3.76. The lowest BCUT2D eigenvalue weighted by Gasteiger charge is -2.36. The summed E-state index contributed by atoms with van der Waals surface area (Å²) in [6, 6.07) is 4.03. The predicted molar refractivity (Wildman–Crippen MR) is 124 cm³/mol. The maximum absolute atomic E-state index is 5.49. The Kier molecular flexibility index (Phi) is 8.15. The SMILES string of the molecule is CCNC(=NCc1nnc(C)n1C)N1CCN(Cc2cc(OC)c(OC)c(OC)c2)CC1. The van der Waals surface area contributed by atoms with Gasteiger partial charge < -0.3 is 29.0 Å². The van der Waals surface area contributed by atoms with Crippen molar-refractivity contribution in [2.45, 2.75) is 26.9 Å². The third-order valence-corrected chi connectivity index (χ3v) is 5.69. The first-order chi connectivity index (χ1) is 15.5. The van der Waals surface area contributed by atoms with Gasteiger partial charge in [0, 0.05) is 46.3 Å². The molecule has 10 heteroatoms. The molecule has 0 unspecified atom stereocenters. The summed E-state index contributed by atoms with van der Waals surface area (Å²) in [5.41, 5.74) is 1.13. The van der Waals surface area contributed by atoms with Gasteiger partial charge in [-0.1, -0.05) is 0 Å². The Labute approximate surface area is 190 Å². The number of guanidine groups is 1. The predicted octanol–water partition coefficient (Wildman–Crippen LogP) is 1.43. The molecule has 0 saturated carbocycles. The van der Waals surface area contributed by atoms with Gasteiger partial charge in [0.25, 0.3) is 0 Å². The number of aryl methyl sites for hydroxylation is 1. The lowest BCUT2D eigenvalue weighted by molar-refractivity contribution is 0.172. The van der Waals surface area contributed by atoms with E-state index in [1.807, 2.05) is 30.7 Å². The van der Waals surface area contributed by atoms with E-state index in [2.05, 4.69) is 32.2 Å². The summed E-state index contributed by atoms with van der Waals surface area (Å²) in [7, 11) is 6.87. The maximum Gasteiger partial charge on any atom is 0.203 e. The van der Waals surface area contributed by atoms with Crippen molar-refractivity contribution in [1.82, 2.24) is 29.9 Å². The molecule has 3 rings (SSSR count). The van der Waals surface area contributed by atoms with Crippen LogP contribution in [0.2, 0.25) is 0 Å². The first kappa shape index (κ1) is 23.6. The molecule has 32 heavy (non-hydrogen) atoms. The van der Waals surface area contributed by atoms with Crippen molar-refractivity contribution in [3.05, 3.63) is 29.3 Å². The number of benzene rings is 1. The third kappa shape index (κ3) is 5.42. The number of aromatic nitrogens is 3. The molecule has 10 nitrogen and oxygen atoms in total. The van der Waals surface area contributed by atoms with Gasteiger partial charge in [-0.3, -0.25) is 4.90 Å². The number of ether oxygens (including phenoxy) is 3. The standard InChI is InChI=1S/C22H35N7O3/c1-7-23-22(24-14-20-26-25-16(2)27(20)3)29-10-8-28(9-11-29)15-17-12-18(30-4)21(32-6)19(13-17)31-5/h12-13H,7-11,14-15H2,1-6H3,(H,23,24). The van der Waals surface area contributed by atoms with Crippen LogP contribution in [0.1, 0.15) is 24.1 Å². The molecule has 0 amide bonds. The molecule has 1 aliphatic heterocycles. The highest BCUT2D eigenvalue weighted by Gasteiger charge is 2.21. The summed E-state index contributed by atoms with van der Waals surface area (Å²) in [6.07, 6.45) is 0. The molecule has 0 aliphatic carbocycles. The lowest BCUT2D eigenvalue weighted by atomic mass is 10.1. The molecule has 1 saturated heterocycles. The van der Waals surface area contributed by atoms with Crippen molar-refractivity contribution in [3.8, 4) is 17.2 Å². The number of methoxy groups -OCH3 is 3. The van der Waals surface area contributed by atoms with E-state index in [1.54, 1.807) is 21.3 Å². The van der Waals surface area contributed by atoms with E-state index >= 15 is 0 Å². The quantitative estimate of drug-likeness (QED) is 0.482. The molecule has 176 valence electrons. The molecule has 0 radical (unpaired) electrons. The van der Waals surface area contributed by atoms with Crippen LogP contribution in [0.15, 0.2) is 17.1 Å². The highest BCUT2D eigenvalue weighted by atomic mass is 16.5. The largest absolute Gasteiger partial charge is 0.493 e. The van der Waals surface area contributed by atoms with E-state index in [4.69, 9.17) is 19.2 Å². The van der Waals surface area contributed by atoms with Crippen LogP contribution in [-0.2, 0) is 20.1 Å². The van der Waals surface area contributed by atoms with Crippen LogP contribution in [0.5, 0.6) is 17.2 Å². The zero-order valence-corrected chi connectivity index (χ0v) is 20.0. The van der Waals surface area contributed by atoms with Crippen LogP contribution < -0.4 is 19.5 Å². The smallest absolute Gasteiger partial charge is 0.203 e. The Hall–Kier alpha value is -3.01. The van der Waals surface area contributed by atoms with Crippen molar-refractivity contribution in [1.29, 1.82) is 0 Å². The van der Waals surface area contributed by atoms with Crippen molar-refractivity contribution in [2.24, 2.45) is 12.0 Å².